The van der Waals surface area contributed by atoms with Crippen LogP contribution in [0.3, 0.4) is 0 Å². The molecule has 0 unspecified atom stereocenters. The van der Waals surface area contributed by atoms with E-state index in [-0.39, 0.29) is 5.56 Å². The van der Waals surface area contributed by atoms with Crippen LogP contribution in [0.4, 0.5) is 4.39 Å². The minimum absolute atomic E-state index is 0.0238. The van der Waals surface area contributed by atoms with Crippen LogP contribution in [0.1, 0.15) is 21.5 Å². The summed E-state index contributed by atoms with van der Waals surface area (Å²) in [6.45, 7) is 0. The first-order chi connectivity index (χ1) is 9.70. The molecule has 0 fully saturated rings. The zero-order valence-corrected chi connectivity index (χ0v) is 12.0. The highest BCUT2D eigenvalue weighted by molar-refractivity contribution is 7.97. The zero-order chi connectivity index (χ0) is 14.4. The number of hydrogen-bond donors (Lipinski definition) is 0. The molecule has 0 saturated carbocycles. The fourth-order valence-electron chi connectivity index (χ4n) is 1.78. The number of hydrogen-bond acceptors (Lipinski definition) is 3. The number of rotatable bonds is 5. The molecule has 2 rings (SSSR count). The van der Waals surface area contributed by atoms with Gasteiger partial charge >= 0.3 is 5.97 Å². The first-order valence-electron chi connectivity index (χ1n) is 6.19. The van der Waals surface area contributed by atoms with Crippen molar-refractivity contribution in [1.82, 2.24) is 0 Å². The molecule has 0 bridgehead atoms. The average Bonchev–Trinajstić information content (AvgIpc) is 2.48. The van der Waals surface area contributed by atoms with Gasteiger partial charge in [0.2, 0.25) is 0 Å². The second kappa shape index (κ2) is 7.10. The van der Waals surface area contributed by atoms with E-state index in [4.69, 9.17) is 0 Å². The first-order valence-corrected chi connectivity index (χ1v) is 7.34. The van der Waals surface area contributed by atoms with Gasteiger partial charge in [-0.05, 0) is 23.3 Å². The van der Waals surface area contributed by atoms with Crippen LogP contribution in [0.2, 0.25) is 0 Å². The van der Waals surface area contributed by atoms with E-state index in [0.29, 0.717) is 5.75 Å². The number of carbonyl (C=O) groups excluding carboxylic acids is 1. The lowest BCUT2D eigenvalue weighted by Gasteiger charge is -2.05. The molecule has 0 aliphatic carbocycles. The Labute approximate surface area is 122 Å². The standard InChI is InChI=1S/C16H15FO2S/c1-19-16(18)14-8-7-13(9-15(14)17)11-20-10-12-5-3-2-4-6-12/h2-9H,10-11H2,1H3. The Balaban J connectivity index is 1.94. The molecule has 0 radical (unpaired) electrons. The van der Waals surface area contributed by atoms with Crippen molar-refractivity contribution in [1.29, 1.82) is 0 Å². The second-order valence-corrected chi connectivity index (χ2v) is 5.27. The number of ether oxygens (including phenoxy) is 1. The van der Waals surface area contributed by atoms with E-state index in [1.807, 2.05) is 18.2 Å². The van der Waals surface area contributed by atoms with Crippen LogP contribution in [0.25, 0.3) is 0 Å². The summed E-state index contributed by atoms with van der Waals surface area (Å²) in [5.41, 5.74) is 2.07. The van der Waals surface area contributed by atoms with E-state index in [0.717, 1.165) is 11.3 Å². The Morgan fingerprint density at radius 2 is 1.80 bits per heavy atom. The van der Waals surface area contributed by atoms with E-state index >= 15 is 0 Å². The Hall–Kier alpha value is -1.81. The highest BCUT2D eigenvalue weighted by Gasteiger charge is 2.12. The maximum absolute atomic E-state index is 13.7. The topological polar surface area (TPSA) is 26.3 Å². The molecule has 0 aliphatic heterocycles. The van der Waals surface area contributed by atoms with Crippen LogP contribution in [-0.2, 0) is 16.2 Å². The molecule has 0 spiro atoms. The third kappa shape index (κ3) is 3.84. The predicted molar refractivity (Wildman–Crippen MR) is 79.2 cm³/mol. The summed E-state index contributed by atoms with van der Waals surface area (Å²) in [4.78, 5) is 11.3. The van der Waals surface area contributed by atoms with Gasteiger partial charge in [-0.15, -0.1) is 0 Å². The first kappa shape index (κ1) is 14.6. The van der Waals surface area contributed by atoms with Gasteiger partial charge in [-0.25, -0.2) is 9.18 Å². The summed E-state index contributed by atoms with van der Waals surface area (Å²) < 4.78 is 18.2. The molecule has 0 aromatic heterocycles. The van der Waals surface area contributed by atoms with Gasteiger partial charge in [-0.1, -0.05) is 36.4 Å². The fraction of sp³-hybridized carbons (Fsp3) is 0.188. The molecule has 0 aliphatic rings. The smallest absolute Gasteiger partial charge is 0.340 e. The SMILES string of the molecule is COC(=O)c1ccc(CSCc2ccccc2)cc1F. The van der Waals surface area contributed by atoms with E-state index in [1.54, 1.807) is 17.8 Å². The predicted octanol–water partition coefficient (Wildman–Crippen LogP) is 4.05. The van der Waals surface area contributed by atoms with Crippen molar-refractivity contribution < 1.29 is 13.9 Å². The summed E-state index contributed by atoms with van der Waals surface area (Å²) in [5.74, 6) is 0.398. The van der Waals surface area contributed by atoms with E-state index < -0.39 is 11.8 Å². The van der Waals surface area contributed by atoms with Gasteiger partial charge in [0.05, 0.1) is 12.7 Å². The number of benzene rings is 2. The zero-order valence-electron chi connectivity index (χ0n) is 11.1. The van der Waals surface area contributed by atoms with Gasteiger partial charge in [0.25, 0.3) is 0 Å². The highest BCUT2D eigenvalue weighted by Crippen LogP contribution is 2.20. The van der Waals surface area contributed by atoms with Crippen molar-refractivity contribution in [3.05, 3.63) is 71.0 Å². The molecule has 0 amide bonds. The van der Waals surface area contributed by atoms with Crippen LogP contribution < -0.4 is 0 Å². The molecule has 20 heavy (non-hydrogen) atoms. The third-order valence-corrected chi connectivity index (χ3v) is 3.89. The molecule has 104 valence electrons. The fourth-order valence-corrected chi connectivity index (χ4v) is 2.73. The number of thioether (sulfide) groups is 1. The summed E-state index contributed by atoms with van der Waals surface area (Å²) in [6, 6.07) is 14.7. The Morgan fingerprint density at radius 3 is 2.45 bits per heavy atom. The second-order valence-electron chi connectivity index (χ2n) is 4.28. The largest absolute Gasteiger partial charge is 0.465 e. The minimum atomic E-state index is -0.647. The van der Waals surface area contributed by atoms with Gasteiger partial charge < -0.3 is 4.74 Å². The van der Waals surface area contributed by atoms with Crippen molar-refractivity contribution >= 4 is 17.7 Å². The van der Waals surface area contributed by atoms with Gasteiger partial charge in [-0.3, -0.25) is 0 Å². The number of esters is 1. The maximum Gasteiger partial charge on any atom is 0.340 e. The molecule has 2 aromatic carbocycles. The summed E-state index contributed by atoms with van der Waals surface area (Å²) in [5, 5.41) is 0. The number of methoxy groups -OCH3 is 1. The third-order valence-electron chi connectivity index (χ3n) is 2.82. The van der Waals surface area contributed by atoms with Crippen molar-refractivity contribution in [2.75, 3.05) is 7.11 Å². The Morgan fingerprint density at radius 1 is 1.10 bits per heavy atom. The van der Waals surface area contributed by atoms with Crippen LogP contribution in [0, 0.1) is 5.82 Å². The number of halogens is 1. The quantitative estimate of drug-likeness (QED) is 0.777. The maximum atomic E-state index is 13.7. The summed E-state index contributed by atoms with van der Waals surface area (Å²) >= 11 is 1.71. The molecule has 0 atom stereocenters. The molecular formula is C16H15FO2S. The molecule has 2 aromatic rings. The van der Waals surface area contributed by atoms with Crippen LogP contribution >= 0.6 is 11.8 Å². The molecule has 4 heteroatoms. The lowest BCUT2D eigenvalue weighted by molar-refractivity contribution is 0.0595. The lowest BCUT2D eigenvalue weighted by Crippen LogP contribution is -2.04. The Kier molecular flexibility index (Phi) is 5.18. The molecule has 2 nitrogen and oxygen atoms in total. The molecular weight excluding hydrogens is 275 g/mol. The monoisotopic (exact) mass is 290 g/mol. The highest BCUT2D eigenvalue weighted by atomic mass is 32.2. The molecule has 0 heterocycles. The van der Waals surface area contributed by atoms with Crippen molar-refractivity contribution in [3.8, 4) is 0 Å². The van der Waals surface area contributed by atoms with E-state index in [1.165, 1.54) is 24.8 Å². The summed E-state index contributed by atoms with van der Waals surface area (Å²) in [6.07, 6.45) is 0. The number of carbonyl (C=O) groups is 1. The van der Waals surface area contributed by atoms with Gasteiger partial charge in [0.1, 0.15) is 5.82 Å². The van der Waals surface area contributed by atoms with Gasteiger partial charge in [-0.2, -0.15) is 11.8 Å². The van der Waals surface area contributed by atoms with Gasteiger partial charge in [0.15, 0.2) is 0 Å². The van der Waals surface area contributed by atoms with Crippen molar-refractivity contribution in [2.45, 2.75) is 11.5 Å². The van der Waals surface area contributed by atoms with Gasteiger partial charge in [0, 0.05) is 11.5 Å². The average molecular weight is 290 g/mol. The van der Waals surface area contributed by atoms with Crippen LogP contribution in [0.15, 0.2) is 48.5 Å². The summed E-state index contributed by atoms with van der Waals surface area (Å²) in [7, 11) is 1.24. The van der Waals surface area contributed by atoms with Crippen LogP contribution in [0.5, 0.6) is 0 Å². The van der Waals surface area contributed by atoms with Crippen LogP contribution in [-0.4, -0.2) is 13.1 Å². The lowest BCUT2D eigenvalue weighted by atomic mass is 10.1. The molecule has 0 N–H and O–H groups in total. The minimum Gasteiger partial charge on any atom is -0.465 e. The Bertz CT molecular complexity index is 584. The molecule has 0 saturated heterocycles. The van der Waals surface area contributed by atoms with Crippen molar-refractivity contribution in [2.24, 2.45) is 0 Å². The normalized spacial score (nSPS) is 10.3. The van der Waals surface area contributed by atoms with E-state index in [9.17, 15) is 9.18 Å². The van der Waals surface area contributed by atoms with Crippen molar-refractivity contribution in [3.63, 3.8) is 0 Å². The van der Waals surface area contributed by atoms with E-state index in [2.05, 4.69) is 16.9 Å².